The summed E-state index contributed by atoms with van der Waals surface area (Å²) in [5.41, 5.74) is 4.08. The van der Waals surface area contributed by atoms with E-state index in [1.165, 1.54) is 4.90 Å². The quantitative estimate of drug-likeness (QED) is 0.359. The van der Waals surface area contributed by atoms with E-state index in [9.17, 15) is 18.0 Å². The number of carbonyl (C=O) groups is 2. The van der Waals surface area contributed by atoms with Gasteiger partial charge in [0.15, 0.2) is 0 Å². The van der Waals surface area contributed by atoms with Crippen molar-refractivity contribution in [1.29, 1.82) is 0 Å². The summed E-state index contributed by atoms with van der Waals surface area (Å²) in [6.45, 7) is 11.0. The Labute approximate surface area is 232 Å². The number of amides is 2. The summed E-state index contributed by atoms with van der Waals surface area (Å²) < 4.78 is 29.0. The Balaban J connectivity index is 2.04. The highest BCUT2D eigenvalue weighted by molar-refractivity contribution is 7.92. The molecule has 0 aliphatic carbocycles. The lowest BCUT2D eigenvalue weighted by Gasteiger charge is -2.32. The van der Waals surface area contributed by atoms with Gasteiger partial charge in [-0.3, -0.25) is 13.9 Å². The van der Waals surface area contributed by atoms with Gasteiger partial charge in [-0.1, -0.05) is 61.0 Å². The zero-order valence-electron chi connectivity index (χ0n) is 23.6. The van der Waals surface area contributed by atoms with Gasteiger partial charge in [0, 0.05) is 12.6 Å². The molecule has 3 rings (SSSR count). The molecule has 0 saturated carbocycles. The third-order valence-electron chi connectivity index (χ3n) is 7.03. The zero-order chi connectivity index (χ0) is 28.7. The number of carbonyl (C=O) groups excluding carboxylic acids is 2. The fourth-order valence-corrected chi connectivity index (χ4v) is 5.48. The molecule has 0 bridgehead atoms. The Morgan fingerprint density at radius 2 is 1.51 bits per heavy atom. The van der Waals surface area contributed by atoms with E-state index in [1.807, 2.05) is 71.0 Å². The molecule has 208 valence electrons. The number of benzene rings is 3. The van der Waals surface area contributed by atoms with Crippen LogP contribution >= 0.6 is 0 Å². The van der Waals surface area contributed by atoms with Crippen LogP contribution in [0.25, 0.3) is 0 Å². The fourth-order valence-electron chi connectivity index (χ4n) is 4.08. The molecule has 0 heterocycles. The molecule has 7 nitrogen and oxygen atoms in total. The first-order valence-electron chi connectivity index (χ1n) is 13.2. The molecule has 1 N–H and O–H groups in total. The molecular formula is C31H39N3O4S. The Kier molecular flexibility index (Phi) is 9.92. The van der Waals surface area contributed by atoms with E-state index in [0.717, 1.165) is 33.0 Å². The van der Waals surface area contributed by atoms with E-state index in [4.69, 9.17) is 0 Å². The van der Waals surface area contributed by atoms with Crippen LogP contribution in [0.1, 0.15) is 49.4 Å². The van der Waals surface area contributed by atoms with Gasteiger partial charge >= 0.3 is 0 Å². The lowest BCUT2D eigenvalue weighted by atomic mass is 10.1. The largest absolute Gasteiger partial charge is 0.352 e. The standard InChI is InChI=1S/C31H39N3O4S/c1-7-25(5)32-31(36)26(6)33(20-27-11-9-8-10-12-27)30(35)21-34(28-16-15-23(3)24(4)19-28)39(37,38)29-17-13-22(2)14-18-29/h8-19,25-26H,7,20-21H2,1-6H3,(H,32,36). The fraction of sp³-hybridized carbons (Fsp3) is 0.355. The third kappa shape index (κ3) is 7.47. The third-order valence-corrected chi connectivity index (χ3v) is 8.82. The minimum Gasteiger partial charge on any atom is -0.352 e. The summed E-state index contributed by atoms with van der Waals surface area (Å²) in [5, 5.41) is 2.95. The number of aryl methyl sites for hydroxylation is 3. The number of sulfonamides is 1. The highest BCUT2D eigenvalue weighted by atomic mass is 32.2. The second kappa shape index (κ2) is 12.9. The first-order chi connectivity index (χ1) is 18.4. The van der Waals surface area contributed by atoms with Crippen LogP contribution in [0.15, 0.2) is 77.7 Å². The van der Waals surface area contributed by atoms with Crippen molar-refractivity contribution in [3.05, 3.63) is 95.1 Å². The highest BCUT2D eigenvalue weighted by Crippen LogP contribution is 2.27. The number of nitrogens with one attached hydrogen (secondary N) is 1. The average molecular weight is 550 g/mol. The van der Waals surface area contributed by atoms with Crippen molar-refractivity contribution >= 4 is 27.5 Å². The van der Waals surface area contributed by atoms with Crippen molar-refractivity contribution in [1.82, 2.24) is 10.2 Å². The van der Waals surface area contributed by atoms with Crippen LogP contribution in [0.5, 0.6) is 0 Å². The number of anilines is 1. The normalized spacial score (nSPS) is 12.9. The molecule has 0 aliphatic rings. The number of hydrogen-bond donors (Lipinski definition) is 1. The molecule has 0 aromatic heterocycles. The highest BCUT2D eigenvalue weighted by Gasteiger charge is 2.32. The molecule has 39 heavy (non-hydrogen) atoms. The lowest BCUT2D eigenvalue weighted by Crippen LogP contribution is -2.52. The molecule has 0 aliphatic heterocycles. The summed E-state index contributed by atoms with van der Waals surface area (Å²) in [5.74, 6) is -0.757. The predicted molar refractivity (Wildman–Crippen MR) is 156 cm³/mol. The zero-order valence-corrected chi connectivity index (χ0v) is 24.5. The lowest BCUT2D eigenvalue weighted by molar-refractivity contribution is -0.139. The molecule has 0 saturated heterocycles. The topological polar surface area (TPSA) is 86.8 Å². The van der Waals surface area contributed by atoms with E-state index >= 15 is 0 Å². The molecule has 0 fully saturated rings. The molecule has 2 atom stereocenters. The van der Waals surface area contributed by atoms with Crippen LogP contribution < -0.4 is 9.62 Å². The predicted octanol–water partition coefficient (Wildman–Crippen LogP) is 5.14. The van der Waals surface area contributed by atoms with Crippen LogP contribution in [0, 0.1) is 20.8 Å². The molecule has 0 spiro atoms. The van der Waals surface area contributed by atoms with Gasteiger partial charge in [-0.2, -0.15) is 0 Å². The number of nitrogens with zero attached hydrogens (tertiary/aromatic N) is 2. The summed E-state index contributed by atoms with van der Waals surface area (Å²) >= 11 is 0. The second-order valence-electron chi connectivity index (χ2n) is 10.1. The van der Waals surface area contributed by atoms with E-state index < -0.39 is 28.5 Å². The van der Waals surface area contributed by atoms with E-state index in [-0.39, 0.29) is 23.4 Å². The van der Waals surface area contributed by atoms with E-state index in [2.05, 4.69) is 5.32 Å². The van der Waals surface area contributed by atoms with Crippen molar-refractivity contribution in [2.45, 2.75) is 71.5 Å². The Hall–Kier alpha value is -3.65. The second-order valence-corrected chi connectivity index (χ2v) is 12.0. The maximum atomic E-state index is 14.0. The van der Waals surface area contributed by atoms with Crippen molar-refractivity contribution in [2.24, 2.45) is 0 Å². The van der Waals surface area contributed by atoms with Crippen molar-refractivity contribution in [2.75, 3.05) is 10.8 Å². The van der Waals surface area contributed by atoms with Gasteiger partial charge in [-0.25, -0.2) is 8.42 Å². The Bertz CT molecular complexity index is 1390. The molecule has 2 unspecified atom stereocenters. The van der Waals surface area contributed by atoms with Gasteiger partial charge < -0.3 is 10.2 Å². The van der Waals surface area contributed by atoms with Crippen LogP contribution in [-0.2, 0) is 26.2 Å². The summed E-state index contributed by atoms with van der Waals surface area (Å²) in [4.78, 5) is 28.6. The minimum atomic E-state index is -4.09. The van der Waals surface area contributed by atoms with Gasteiger partial charge in [-0.05, 0) is 82.0 Å². The number of rotatable bonds is 11. The SMILES string of the molecule is CCC(C)NC(=O)C(C)N(Cc1ccccc1)C(=O)CN(c1ccc(C)c(C)c1)S(=O)(=O)c1ccc(C)cc1. The summed E-state index contributed by atoms with van der Waals surface area (Å²) in [6, 6.07) is 20.4. The molecule has 3 aromatic carbocycles. The maximum Gasteiger partial charge on any atom is 0.264 e. The van der Waals surface area contributed by atoms with Gasteiger partial charge in [0.05, 0.1) is 10.6 Å². The molecule has 0 radical (unpaired) electrons. The summed E-state index contributed by atoms with van der Waals surface area (Å²) in [7, 11) is -4.09. The Morgan fingerprint density at radius 1 is 0.872 bits per heavy atom. The van der Waals surface area contributed by atoms with Gasteiger partial charge in [0.2, 0.25) is 11.8 Å². The van der Waals surface area contributed by atoms with Crippen molar-refractivity contribution in [3.63, 3.8) is 0 Å². The molecular weight excluding hydrogens is 510 g/mol. The van der Waals surface area contributed by atoms with Crippen LogP contribution in [0.2, 0.25) is 0 Å². The van der Waals surface area contributed by atoms with Gasteiger partial charge in [0.1, 0.15) is 12.6 Å². The number of hydrogen-bond acceptors (Lipinski definition) is 4. The summed E-state index contributed by atoms with van der Waals surface area (Å²) in [6.07, 6.45) is 0.750. The molecule has 2 amide bonds. The van der Waals surface area contributed by atoms with Gasteiger partial charge in [-0.15, -0.1) is 0 Å². The van der Waals surface area contributed by atoms with Crippen LogP contribution in [-0.4, -0.2) is 43.8 Å². The van der Waals surface area contributed by atoms with Crippen molar-refractivity contribution in [3.8, 4) is 0 Å². The van der Waals surface area contributed by atoms with Crippen molar-refractivity contribution < 1.29 is 18.0 Å². The average Bonchev–Trinajstić information content (AvgIpc) is 2.92. The van der Waals surface area contributed by atoms with E-state index in [0.29, 0.717) is 5.69 Å². The smallest absolute Gasteiger partial charge is 0.264 e. The molecule has 8 heteroatoms. The van der Waals surface area contributed by atoms with Gasteiger partial charge in [0.25, 0.3) is 10.0 Å². The van der Waals surface area contributed by atoms with Crippen LogP contribution in [0.3, 0.4) is 0 Å². The Morgan fingerprint density at radius 3 is 2.10 bits per heavy atom. The monoisotopic (exact) mass is 549 g/mol. The minimum absolute atomic E-state index is 0.0532. The molecule has 3 aromatic rings. The first-order valence-corrected chi connectivity index (χ1v) is 14.7. The van der Waals surface area contributed by atoms with E-state index in [1.54, 1.807) is 43.3 Å². The maximum absolute atomic E-state index is 14.0. The van der Waals surface area contributed by atoms with Crippen LogP contribution in [0.4, 0.5) is 5.69 Å². The first kappa shape index (κ1) is 29.9.